The summed E-state index contributed by atoms with van der Waals surface area (Å²) in [6.07, 6.45) is 3.08. The lowest BCUT2D eigenvalue weighted by molar-refractivity contribution is 0.0746. The van der Waals surface area contributed by atoms with Crippen molar-refractivity contribution in [1.82, 2.24) is 14.9 Å². The Labute approximate surface area is 183 Å². The number of nitrogens with one attached hydrogen (secondary N) is 1. The number of nitrogens with zero attached hydrogens (tertiary/aromatic N) is 4. The van der Waals surface area contributed by atoms with Gasteiger partial charge in [-0.3, -0.25) is 9.59 Å². The van der Waals surface area contributed by atoms with Gasteiger partial charge in [0, 0.05) is 32.4 Å². The summed E-state index contributed by atoms with van der Waals surface area (Å²) in [5.74, 6) is -0.522. The molecule has 2 aromatic heterocycles. The topological polar surface area (TPSA) is 78.4 Å². The summed E-state index contributed by atoms with van der Waals surface area (Å²) >= 11 is 6.03. The van der Waals surface area contributed by atoms with Crippen molar-refractivity contribution in [2.45, 2.75) is 0 Å². The molecule has 0 unspecified atom stereocenters. The molecule has 0 spiro atoms. The molecule has 1 N–H and O–H groups in total. The normalized spacial score (nSPS) is 13.7. The minimum Gasteiger partial charge on any atom is -0.353 e. The first-order valence-corrected chi connectivity index (χ1v) is 10.1. The zero-order chi connectivity index (χ0) is 21.8. The van der Waals surface area contributed by atoms with Crippen LogP contribution in [0.4, 0.5) is 15.9 Å². The van der Waals surface area contributed by atoms with E-state index >= 15 is 0 Å². The quantitative estimate of drug-likeness (QED) is 0.630. The number of pyridine rings is 2. The first-order chi connectivity index (χ1) is 15.0. The average Bonchev–Trinajstić information content (AvgIpc) is 2.80. The molecule has 7 nitrogen and oxygen atoms in total. The lowest BCUT2D eigenvalue weighted by atomic mass is 10.2. The predicted octanol–water partition coefficient (Wildman–Crippen LogP) is 3.48. The molecule has 4 rings (SSSR count). The van der Waals surface area contributed by atoms with Gasteiger partial charge in [-0.25, -0.2) is 14.4 Å². The molecule has 2 amide bonds. The van der Waals surface area contributed by atoms with E-state index < -0.39 is 11.7 Å². The van der Waals surface area contributed by atoms with E-state index in [1.807, 2.05) is 0 Å². The molecule has 1 aliphatic rings. The predicted molar refractivity (Wildman–Crippen MR) is 116 cm³/mol. The Morgan fingerprint density at radius 1 is 0.935 bits per heavy atom. The SMILES string of the molecule is O=C(Nc1ccc(N2CCN(C(=O)c3cccnc3Cl)CC2)nc1)c1ccccc1F. The molecule has 1 fully saturated rings. The lowest BCUT2D eigenvalue weighted by Gasteiger charge is -2.35. The zero-order valence-electron chi connectivity index (χ0n) is 16.5. The van der Waals surface area contributed by atoms with Gasteiger partial charge < -0.3 is 15.1 Å². The van der Waals surface area contributed by atoms with Crippen molar-refractivity contribution >= 4 is 34.9 Å². The van der Waals surface area contributed by atoms with Crippen LogP contribution in [0.15, 0.2) is 60.9 Å². The number of carbonyl (C=O) groups is 2. The van der Waals surface area contributed by atoms with E-state index in [0.717, 1.165) is 5.82 Å². The van der Waals surface area contributed by atoms with Gasteiger partial charge in [-0.1, -0.05) is 23.7 Å². The highest BCUT2D eigenvalue weighted by molar-refractivity contribution is 6.32. The van der Waals surface area contributed by atoms with Crippen LogP contribution in [-0.4, -0.2) is 52.9 Å². The van der Waals surface area contributed by atoms with Crippen LogP contribution < -0.4 is 10.2 Å². The first-order valence-electron chi connectivity index (χ1n) is 9.69. The second-order valence-electron chi connectivity index (χ2n) is 6.96. The van der Waals surface area contributed by atoms with E-state index in [9.17, 15) is 14.0 Å². The molecule has 0 atom stereocenters. The number of halogens is 2. The largest absolute Gasteiger partial charge is 0.353 e. The zero-order valence-corrected chi connectivity index (χ0v) is 17.2. The molecule has 158 valence electrons. The number of piperazine rings is 1. The van der Waals surface area contributed by atoms with Crippen LogP contribution in [0.25, 0.3) is 0 Å². The summed E-state index contributed by atoms with van der Waals surface area (Å²) in [6.45, 7) is 2.27. The summed E-state index contributed by atoms with van der Waals surface area (Å²) in [6, 6.07) is 12.6. The van der Waals surface area contributed by atoms with Crippen molar-refractivity contribution in [1.29, 1.82) is 0 Å². The van der Waals surface area contributed by atoms with Crippen molar-refractivity contribution < 1.29 is 14.0 Å². The standard InChI is InChI=1S/C22H19ClFN5O2/c23-20-17(5-3-9-25-20)22(31)29-12-10-28(11-13-29)19-8-7-15(14-26-19)27-21(30)16-4-1-2-6-18(16)24/h1-9,14H,10-13H2,(H,27,30). The third kappa shape index (κ3) is 4.64. The third-order valence-corrected chi connectivity index (χ3v) is 5.31. The minimum atomic E-state index is -0.579. The molecule has 9 heteroatoms. The van der Waals surface area contributed by atoms with Gasteiger partial charge in [0.15, 0.2) is 0 Å². The van der Waals surface area contributed by atoms with Crippen LogP contribution in [0, 0.1) is 5.82 Å². The smallest absolute Gasteiger partial charge is 0.258 e. The number of hydrogen-bond acceptors (Lipinski definition) is 5. The number of benzene rings is 1. The van der Waals surface area contributed by atoms with Crippen LogP contribution in [0.2, 0.25) is 5.15 Å². The van der Waals surface area contributed by atoms with Crippen molar-refractivity contribution in [2.24, 2.45) is 0 Å². The Hall–Kier alpha value is -3.52. The van der Waals surface area contributed by atoms with Gasteiger partial charge in [-0.05, 0) is 36.4 Å². The van der Waals surface area contributed by atoms with E-state index in [1.165, 1.54) is 24.4 Å². The van der Waals surface area contributed by atoms with Crippen molar-refractivity contribution in [3.05, 3.63) is 83.0 Å². The number of anilines is 2. The van der Waals surface area contributed by atoms with E-state index in [1.54, 1.807) is 41.4 Å². The van der Waals surface area contributed by atoms with Crippen LogP contribution in [0.3, 0.4) is 0 Å². The fourth-order valence-corrected chi connectivity index (χ4v) is 3.55. The molecule has 3 aromatic rings. The van der Waals surface area contributed by atoms with E-state index in [4.69, 9.17) is 11.6 Å². The lowest BCUT2D eigenvalue weighted by Crippen LogP contribution is -2.49. The molecular formula is C22H19ClFN5O2. The van der Waals surface area contributed by atoms with Gasteiger partial charge in [-0.2, -0.15) is 0 Å². The summed E-state index contributed by atoms with van der Waals surface area (Å²) in [7, 11) is 0. The summed E-state index contributed by atoms with van der Waals surface area (Å²) in [5.41, 5.74) is 0.837. The highest BCUT2D eigenvalue weighted by Crippen LogP contribution is 2.20. The summed E-state index contributed by atoms with van der Waals surface area (Å²) < 4.78 is 13.7. The third-order valence-electron chi connectivity index (χ3n) is 5.00. The fourth-order valence-electron chi connectivity index (χ4n) is 3.35. The Morgan fingerprint density at radius 2 is 1.68 bits per heavy atom. The molecule has 1 aromatic carbocycles. The van der Waals surface area contributed by atoms with Gasteiger partial charge in [-0.15, -0.1) is 0 Å². The minimum absolute atomic E-state index is 0.0268. The van der Waals surface area contributed by atoms with Gasteiger partial charge in [0.05, 0.1) is 23.0 Å². The van der Waals surface area contributed by atoms with Crippen LogP contribution in [0.5, 0.6) is 0 Å². The van der Waals surface area contributed by atoms with E-state index in [2.05, 4.69) is 20.2 Å². The maximum absolute atomic E-state index is 13.7. The maximum Gasteiger partial charge on any atom is 0.258 e. The Morgan fingerprint density at radius 3 is 2.35 bits per heavy atom. The van der Waals surface area contributed by atoms with Crippen LogP contribution in [0.1, 0.15) is 20.7 Å². The second-order valence-corrected chi connectivity index (χ2v) is 7.32. The van der Waals surface area contributed by atoms with Crippen LogP contribution in [-0.2, 0) is 0 Å². The number of amides is 2. The molecule has 0 aliphatic carbocycles. The average molecular weight is 440 g/mol. The Bertz CT molecular complexity index is 1100. The molecule has 0 radical (unpaired) electrons. The molecule has 31 heavy (non-hydrogen) atoms. The first kappa shape index (κ1) is 20.7. The Kier molecular flexibility index (Phi) is 6.08. The summed E-state index contributed by atoms with van der Waals surface area (Å²) in [5, 5.41) is 2.84. The van der Waals surface area contributed by atoms with Gasteiger partial charge >= 0.3 is 0 Å². The molecule has 1 aliphatic heterocycles. The number of aromatic nitrogens is 2. The molecule has 3 heterocycles. The monoisotopic (exact) mass is 439 g/mol. The van der Waals surface area contributed by atoms with E-state index in [0.29, 0.717) is 37.4 Å². The summed E-state index contributed by atoms with van der Waals surface area (Å²) in [4.78, 5) is 37.0. The number of carbonyl (C=O) groups excluding carboxylic acids is 2. The second kappa shape index (κ2) is 9.09. The maximum atomic E-state index is 13.7. The van der Waals surface area contributed by atoms with Gasteiger partial charge in [0.25, 0.3) is 11.8 Å². The molecule has 0 bridgehead atoms. The van der Waals surface area contributed by atoms with Gasteiger partial charge in [0.1, 0.15) is 16.8 Å². The van der Waals surface area contributed by atoms with E-state index in [-0.39, 0.29) is 16.6 Å². The van der Waals surface area contributed by atoms with Crippen LogP contribution >= 0.6 is 11.6 Å². The molecule has 1 saturated heterocycles. The van der Waals surface area contributed by atoms with Crippen molar-refractivity contribution in [3.8, 4) is 0 Å². The Balaban J connectivity index is 1.35. The highest BCUT2D eigenvalue weighted by Gasteiger charge is 2.24. The fraction of sp³-hybridized carbons (Fsp3) is 0.182. The van der Waals surface area contributed by atoms with Crippen molar-refractivity contribution in [3.63, 3.8) is 0 Å². The highest BCUT2D eigenvalue weighted by atomic mass is 35.5. The van der Waals surface area contributed by atoms with Crippen molar-refractivity contribution in [2.75, 3.05) is 36.4 Å². The number of hydrogen-bond donors (Lipinski definition) is 1. The molecule has 0 saturated carbocycles. The number of rotatable bonds is 4. The van der Waals surface area contributed by atoms with Gasteiger partial charge in [0.2, 0.25) is 0 Å². The molecular weight excluding hydrogens is 421 g/mol.